The minimum Gasteiger partial charge on any atom is -0.348 e. The van der Waals surface area contributed by atoms with Gasteiger partial charge in [-0.1, -0.05) is 77.6 Å². The zero-order valence-electron chi connectivity index (χ0n) is 15.9. The van der Waals surface area contributed by atoms with Gasteiger partial charge in [0.2, 0.25) is 0 Å². The van der Waals surface area contributed by atoms with Gasteiger partial charge in [-0.2, -0.15) is 11.8 Å². The summed E-state index contributed by atoms with van der Waals surface area (Å²) in [7, 11) is 0. The summed E-state index contributed by atoms with van der Waals surface area (Å²) in [5, 5.41) is 0. The first-order chi connectivity index (χ1) is 11.1. The predicted molar refractivity (Wildman–Crippen MR) is 103 cm³/mol. The largest absolute Gasteiger partial charge is 0.348 e. The van der Waals surface area contributed by atoms with Crippen molar-refractivity contribution in [3.05, 3.63) is 0 Å². The van der Waals surface area contributed by atoms with Crippen molar-refractivity contribution in [2.45, 2.75) is 110 Å². The van der Waals surface area contributed by atoms with Crippen LogP contribution in [0.5, 0.6) is 0 Å². The van der Waals surface area contributed by atoms with Gasteiger partial charge < -0.3 is 9.47 Å². The van der Waals surface area contributed by atoms with Crippen LogP contribution in [0.1, 0.15) is 97.8 Å². The van der Waals surface area contributed by atoms with Crippen LogP contribution in [0, 0.1) is 0 Å². The lowest BCUT2D eigenvalue weighted by Gasteiger charge is -2.16. The average Bonchev–Trinajstić information content (AvgIpc) is 2.87. The Kier molecular flexibility index (Phi) is 12.6. The number of hydrogen-bond acceptors (Lipinski definition) is 3. The fourth-order valence-corrected chi connectivity index (χ4v) is 4.11. The van der Waals surface area contributed by atoms with Gasteiger partial charge in [0.1, 0.15) is 0 Å². The van der Waals surface area contributed by atoms with Crippen molar-refractivity contribution in [3.8, 4) is 0 Å². The maximum absolute atomic E-state index is 5.82. The first kappa shape index (κ1) is 21.3. The zero-order valence-corrected chi connectivity index (χ0v) is 16.7. The van der Waals surface area contributed by atoms with Crippen LogP contribution in [0.4, 0.5) is 0 Å². The third-order valence-electron chi connectivity index (χ3n) is 4.51. The minimum atomic E-state index is -0.360. The van der Waals surface area contributed by atoms with E-state index in [1.165, 1.54) is 82.8 Å². The SMILES string of the molecule is CCCCCCCCCCCCCCSCC1COC(C)(C)O1. The fraction of sp³-hybridized carbons (Fsp3) is 1.00. The van der Waals surface area contributed by atoms with Crippen LogP contribution in [0.2, 0.25) is 0 Å². The van der Waals surface area contributed by atoms with E-state index in [4.69, 9.17) is 9.47 Å². The fourth-order valence-electron chi connectivity index (χ4n) is 3.11. The molecule has 1 aliphatic heterocycles. The van der Waals surface area contributed by atoms with E-state index in [0.29, 0.717) is 6.10 Å². The van der Waals surface area contributed by atoms with Gasteiger partial charge >= 0.3 is 0 Å². The molecule has 1 fully saturated rings. The second-order valence-corrected chi connectivity index (χ2v) is 8.56. The topological polar surface area (TPSA) is 18.5 Å². The van der Waals surface area contributed by atoms with Crippen molar-refractivity contribution >= 4 is 11.8 Å². The molecule has 1 unspecified atom stereocenters. The van der Waals surface area contributed by atoms with Crippen LogP contribution in [0.25, 0.3) is 0 Å². The highest BCUT2D eigenvalue weighted by Gasteiger charge is 2.32. The van der Waals surface area contributed by atoms with Crippen molar-refractivity contribution in [2.24, 2.45) is 0 Å². The molecule has 1 aliphatic rings. The highest BCUT2D eigenvalue weighted by atomic mass is 32.2. The summed E-state index contributed by atoms with van der Waals surface area (Å²) in [4.78, 5) is 0. The van der Waals surface area contributed by atoms with Crippen LogP contribution in [-0.4, -0.2) is 30.0 Å². The summed E-state index contributed by atoms with van der Waals surface area (Å²) in [6.45, 7) is 7.06. The zero-order chi connectivity index (χ0) is 16.8. The predicted octanol–water partition coefficient (Wildman–Crippen LogP) is 6.57. The Bertz CT molecular complexity index is 268. The molecule has 1 rings (SSSR count). The first-order valence-corrected chi connectivity index (χ1v) is 11.2. The maximum atomic E-state index is 5.82. The number of unbranched alkanes of at least 4 members (excludes halogenated alkanes) is 11. The lowest BCUT2D eigenvalue weighted by molar-refractivity contribution is -0.135. The van der Waals surface area contributed by atoms with Gasteiger partial charge in [-0.05, 0) is 26.0 Å². The van der Waals surface area contributed by atoms with Crippen LogP contribution >= 0.6 is 11.8 Å². The quantitative estimate of drug-likeness (QED) is 0.313. The van der Waals surface area contributed by atoms with Crippen LogP contribution in [0.3, 0.4) is 0 Å². The van der Waals surface area contributed by atoms with Gasteiger partial charge in [0.05, 0.1) is 12.7 Å². The van der Waals surface area contributed by atoms with Crippen LogP contribution in [0.15, 0.2) is 0 Å². The maximum Gasteiger partial charge on any atom is 0.163 e. The monoisotopic (exact) mass is 344 g/mol. The molecule has 0 amide bonds. The lowest BCUT2D eigenvalue weighted by atomic mass is 10.1. The molecule has 0 aromatic heterocycles. The molecule has 0 aromatic rings. The molecule has 0 spiro atoms. The molecule has 0 N–H and O–H groups in total. The normalized spacial score (nSPS) is 20.2. The molecule has 0 saturated carbocycles. The highest BCUT2D eigenvalue weighted by molar-refractivity contribution is 7.99. The highest BCUT2D eigenvalue weighted by Crippen LogP contribution is 2.24. The molecule has 2 nitrogen and oxygen atoms in total. The molecule has 1 heterocycles. The van der Waals surface area contributed by atoms with Crippen LogP contribution in [-0.2, 0) is 9.47 Å². The second kappa shape index (κ2) is 13.5. The lowest BCUT2D eigenvalue weighted by Crippen LogP contribution is -2.22. The van der Waals surface area contributed by atoms with Crippen LogP contribution < -0.4 is 0 Å². The summed E-state index contributed by atoms with van der Waals surface area (Å²) in [6, 6.07) is 0. The van der Waals surface area contributed by atoms with Crippen molar-refractivity contribution in [2.75, 3.05) is 18.1 Å². The van der Waals surface area contributed by atoms with Gasteiger partial charge in [0.25, 0.3) is 0 Å². The van der Waals surface area contributed by atoms with Gasteiger partial charge in [-0.3, -0.25) is 0 Å². The van der Waals surface area contributed by atoms with E-state index in [9.17, 15) is 0 Å². The molecule has 0 bridgehead atoms. The second-order valence-electron chi connectivity index (χ2n) is 7.41. The van der Waals surface area contributed by atoms with E-state index >= 15 is 0 Å². The van der Waals surface area contributed by atoms with E-state index in [2.05, 4.69) is 6.92 Å². The molecule has 1 atom stereocenters. The average molecular weight is 345 g/mol. The first-order valence-electron chi connectivity index (χ1n) is 10.0. The Balaban J connectivity index is 1.72. The summed E-state index contributed by atoms with van der Waals surface area (Å²) >= 11 is 2.03. The van der Waals surface area contributed by atoms with E-state index in [1.807, 2.05) is 25.6 Å². The van der Waals surface area contributed by atoms with Crippen molar-refractivity contribution in [1.29, 1.82) is 0 Å². The number of rotatable bonds is 15. The Morgan fingerprint density at radius 3 is 1.83 bits per heavy atom. The Labute approximate surface area is 149 Å². The van der Waals surface area contributed by atoms with Gasteiger partial charge in [0, 0.05) is 5.75 Å². The summed E-state index contributed by atoms with van der Waals surface area (Å²) < 4.78 is 11.4. The van der Waals surface area contributed by atoms with E-state index in [1.54, 1.807) is 0 Å². The van der Waals surface area contributed by atoms with Gasteiger partial charge in [-0.15, -0.1) is 0 Å². The number of ether oxygens (including phenoxy) is 2. The van der Waals surface area contributed by atoms with Gasteiger partial charge in [-0.25, -0.2) is 0 Å². The number of hydrogen-bond donors (Lipinski definition) is 0. The van der Waals surface area contributed by atoms with Crippen molar-refractivity contribution in [3.63, 3.8) is 0 Å². The summed E-state index contributed by atoms with van der Waals surface area (Å²) in [6.07, 6.45) is 17.4. The minimum absolute atomic E-state index is 0.298. The standard InChI is InChI=1S/C20H40O2S/c1-4-5-6-7-8-9-10-11-12-13-14-15-16-23-18-19-17-21-20(2,3)22-19/h19H,4-18H2,1-3H3. The van der Waals surface area contributed by atoms with E-state index in [-0.39, 0.29) is 5.79 Å². The molecule has 1 saturated heterocycles. The summed E-state index contributed by atoms with van der Waals surface area (Å²) in [5.74, 6) is 2.00. The smallest absolute Gasteiger partial charge is 0.163 e. The van der Waals surface area contributed by atoms with Crippen molar-refractivity contribution in [1.82, 2.24) is 0 Å². The number of thioether (sulfide) groups is 1. The molecule has 0 aliphatic carbocycles. The third-order valence-corrected chi connectivity index (χ3v) is 5.70. The molecular formula is C20H40O2S. The molecular weight excluding hydrogens is 304 g/mol. The Morgan fingerprint density at radius 2 is 1.35 bits per heavy atom. The molecule has 3 heteroatoms. The van der Waals surface area contributed by atoms with E-state index in [0.717, 1.165) is 12.4 Å². The van der Waals surface area contributed by atoms with E-state index < -0.39 is 0 Å². The Hall–Kier alpha value is 0.270. The molecule has 23 heavy (non-hydrogen) atoms. The molecule has 0 radical (unpaired) electrons. The molecule has 138 valence electrons. The third kappa shape index (κ3) is 12.3. The van der Waals surface area contributed by atoms with Gasteiger partial charge in [0.15, 0.2) is 5.79 Å². The summed E-state index contributed by atoms with van der Waals surface area (Å²) in [5.41, 5.74) is 0. The Morgan fingerprint density at radius 1 is 0.826 bits per heavy atom. The van der Waals surface area contributed by atoms with Crippen molar-refractivity contribution < 1.29 is 9.47 Å². The molecule has 0 aromatic carbocycles.